The van der Waals surface area contributed by atoms with Crippen LogP contribution in [0.2, 0.25) is 0 Å². The van der Waals surface area contributed by atoms with Crippen molar-refractivity contribution in [3.05, 3.63) is 63.5 Å². The first-order chi connectivity index (χ1) is 11.6. The maximum Gasteiger partial charge on any atom is 0.387 e. The van der Waals surface area contributed by atoms with Crippen LogP contribution in [0.1, 0.15) is 15.9 Å². The highest BCUT2D eigenvalue weighted by molar-refractivity contribution is 7.15. The standard InChI is InChI=1S/C15H11F2N3O3S/c16-14(17)23-11-4-2-1-3-9(11)7-18-12(21)10-8-19-15-20(13(10)22)5-6-24-15/h1-6,8,14H,7H2,(H,18,21). The smallest absolute Gasteiger partial charge is 0.387 e. The number of amides is 1. The number of alkyl halides is 2. The van der Waals surface area contributed by atoms with Gasteiger partial charge in [0.25, 0.3) is 11.5 Å². The minimum Gasteiger partial charge on any atom is -0.434 e. The van der Waals surface area contributed by atoms with Gasteiger partial charge < -0.3 is 10.1 Å². The molecular weight excluding hydrogens is 340 g/mol. The van der Waals surface area contributed by atoms with Crippen molar-refractivity contribution in [2.75, 3.05) is 0 Å². The second kappa shape index (κ2) is 6.75. The third kappa shape index (κ3) is 3.25. The molecule has 0 fully saturated rings. The third-order valence-corrected chi connectivity index (χ3v) is 3.99. The largest absolute Gasteiger partial charge is 0.434 e. The number of nitrogens with zero attached hydrogens (tertiary/aromatic N) is 2. The molecule has 2 heterocycles. The fraction of sp³-hybridized carbons (Fsp3) is 0.133. The predicted molar refractivity (Wildman–Crippen MR) is 83.6 cm³/mol. The minimum atomic E-state index is -2.96. The molecular formula is C15H11F2N3O3S. The summed E-state index contributed by atoms with van der Waals surface area (Å²) < 4.78 is 30.4. The van der Waals surface area contributed by atoms with Gasteiger partial charge in [0.1, 0.15) is 11.3 Å². The average Bonchev–Trinajstić information content (AvgIpc) is 3.03. The van der Waals surface area contributed by atoms with Gasteiger partial charge in [0.2, 0.25) is 0 Å². The average molecular weight is 351 g/mol. The van der Waals surface area contributed by atoms with Crippen LogP contribution in [0, 0.1) is 0 Å². The number of benzene rings is 1. The lowest BCUT2D eigenvalue weighted by Crippen LogP contribution is -2.31. The molecule has 0 aliphatic heterocycles. The highest BCUT2D eigenvalue weighted by Crippen LogP contribution is 2.20. The lowest BCUT2D eigenvalue weighted by atomic mass is 10.2. The molecule has 2 aromatic heterocycles. The first kappa shape index (κ1) is 16.1. The van der Waals surface area contributed by atoms with Gasteiger partial charge >= 0.3 is 6.61 Å². The summed E-state index contributed by atoms with van der Waals surface area (Å²) in [6.45, 7) is -3.02. The van der Waals surface area contributed by atoms with E-state index >= 15 is 0 Å². The Morgan fingerprint density at radius 3 is 2.96 bits per heavy atom. The summed E-state index contributed by atoms with van der Waals surface area (Å²) in [5.41, 5.74) is -0.246. The molecule has 0 aliphatic carbocycles. The van der Waals surface area contributed by atoms with Crippen molar-refractivity contribution in [3.8, 4) is 5.75 Å². The SMILES string of the molecule is O=C(NCc1ccccc1OC(F)F)c1cnc2sccn2c1=O. The summed E-state index contributed by atoms with van der Waals surface area (Å²) in [5.74, 6) is -0.670. The molecule has 0 spiro atoms. The van der Waals surface area contributed by atoms with Crippen molar-refractivity contribution in [3.63, 3.8) is 0 Å². The molecule has 1 amide bonds. The van der Waals surface area contributed by atoms with Gasteiger partial charge in [-0.15, -0.1) is 11.3 Å². The topological polar surface area (TPSA) is 72.7 Å². The van der Waals surface area contributed by atoms with Crippen molar-refractivity contribution in [1.82, 2.24) is 14.7 Å². The van der Waals surface area contributed by atoms with Crippen molar-refractivity contribution in [2.45, 2.75) is 13.2 Å². The fourth-order valence-corrected chi connectivity index (χ4v) is 2.79. The maximum absolute atomic E-state index is 12.4. The number of ether oxygens (including phenoxy) is 1. The van der Waals surface area contributed by atoms with Crippen LogP contribution in [-0.2, 0) is 6.54 Å². The number of fused-ring (bicyclic) bond motifs is 1. The summed E-state index contributed by atoms with van der Waals surface area (Å²) in [5, 5.41) is 4.20. The number of hydrogen-bond acceptors (Lipinski definition) is 5. The molecule has 6 nitrogen and oxygen atoms in total. The van der Waals surface area contributed by atoms with E-state index in [0.717, 1.165) is 0 Å². The van der Waals surface area contributed by atoms with E-state index in [1.807, 2.05) is 0 Å². The highest BCUT2D eigenvalue weighted by atomic mass is 32.1. The number of hydrogen-bond donors (Lipinski definition) is 1. The van der Waals surface area contributed by atoms with E-state index in [-0.39, 0.29) is 17.9 Å². The molecule has 24 heavy (non-hydrogen) atoms. The predicted octanol–water partition coefficient (Wildman–Crippen LogP) is 2.29. The summed E-state index contributed by atoms with van der Waals surface area (Å²) in [7, 11) is 0. The van der Waals surface area contributed by atoms with E-state index in [2.05, 4.69) is 15.0 Å². The Bertz CT molecular complexity index is 939. The Kier molecular flexibility index (Phi) is 4.52. The number of halogens is 2. The van der Waals surface area contributed by atoms with Gasteiger partial charge in [-0.05, 0) is 6.07 Å². The van der Waals surface area contributed by atoms with Crippen LogP contribution in [-0.4, -0.2) is 21.9 Å². The molecule has 9 heteroatoms. The lowest BCUT2D eigenvalue weighted by Gasteiger charge is -2.11. The monoisotopic (exact) mass is 351 g/mol. The first-order valence-electron chi connectivity index (χ1n) is 6.82. The van der Waals surface area contributed by atoms with Crippen LogP contribution in [0.25, 0.3) is 4.96 Å². The Hall–Kier alpha value is -2.81. The van der Waals surface area contributed by atoms with Crippen molar-refractivity contribution < 1.29 is 18.3 Å². The van der Waals surface area contributed by atoms with E-state index in [4.69, 9.17) is 0 Å². The molecule has 1 N–H and O–H groups in total. The molecule has 0 radical (unpaired) electrons. The zero-order valence-corrected chi connectivity index (χ0v) is 12.9. The molecule has 1 aromatic carbocycles. The van der Waals surface area contributed by atoms with Gasteiger partial charge in [0, 0.05) is 29.9 Å². The summed E-state index contributed by atoms with van der Waals surface area (Å²) >= 11 is 1.27. The summed E-state index contributed by atoms with van der Waals surface area (Å²) in [4.78, 5) is 28.9. The maximum atomic E-state index is 12.4. The van der Waals surface area contributed by atoms with E-state index in [1.54, 1.807) is 23.6 Å². The zero-order chi connectivity index (χ0) is 17.1. The zero-order valence-electron chi connectivity index (χ0n) is 12.1. The Morgan fingerprint density at radius 1 is 1.38 bits per heavy atom. The second-order valence-electron chi connectivity index (χ2n) is 4.70. The Morgan fingerprint density at radius 2 is 2.17 bits per heavy atom. The highest BCUT2D eigenvalue weighted by Gasteiger charge is 2.15. The Balaban J connectivity index is 1.78. The normalized spacial score (nSPS) is 11.0. The molecule has 3 aromatic rings. The second-order valence-corrected chi connectivity index (χ2v) is 5.57. The van der Waals surface area contributed by atoms with Crippen LogP contribution >= 0.6 is 11.3 Å². The van der Waals surface area contributed by atoms with Gasteiger partial charge in [-0.25, -0.2) is 4.98 Å². The van der Waals surface area contributed by atoms with Gasteiger partial charge in [-0.2, -0.15) is 8.78 Å². The van der Waals surface area contributed by atoms with Gasteiger partial charge in [-0.1, -0.05) is 18.2 Å². The molecule has 0 saturated carbocycles. The van der Waals surface area contributed by atoms with Crippen molar-refractivity contribution in [1.29, 1.82) is 0 Å². The summed E-state index contributed by atoms with van der Waals surface area (Å²) in [6.07, 6.45) is 2.73. The summed E-state index contributed by atoms with van der Waals surface area (Å²) in [6, 6.07) is 6.10. The van der Waals surface area contributed by atoms with Gasteiger partial charge in [0.15, 0.2) is 4.96 Å². The first-order valence-corrected chi connectivity index (χ1v) is 7.70. The number of carbonyl (C=O) groups is 1. The van der Waals surface area contributed by atoms with Gasteiger partial charge in [-0.3, -0.25) is 14.0 Å². The number of aromatic nitrogens is 2. The van der Waals surface area contributed by atoms with E-state index < -0.39 is 18.1 Å². The minimum absolute atomic E-state index is 0.0315. The van der Waals surface area contributed by atoms with Crippen LogP contribution in [0.5, 0.6) is 5.75 Å². The number of para-hydroxylation sites is 1. The lowest BCUT2D eigenvalue weighted by molar-refractivity contribution is -0.0504. The third-order valence-electron chi connectivity index (χ3n) is 3.22. The van der Waals surface area contributed by atoms with Crippen LogP contribution in [0.4, 0.5) is 8.78 Å². The Labute approximate surface area is 138 Å². The van der Waals surface area contributed by atoms with E-state index in [1.165, 1.54) is 34.2 Å². The number of thiazole rings is 1. The molecule has 0 atom stereocenters. The van der Waals surface area contributed by atoms with Crippen molar-refractivity contribution >= 4 is 22.2 Å². The molecule has 124 valence electrons. The molecule has 0 bridgehead atoms. The van der Waals surface area contributed by atoms with Gasteiger partial charge in [0.05, 0.1) is 0 Å². The molecule has 0 saturated heterocycles. The van der Waals surface area contributed by atoms with Crippen LogP contribution in [0.15, 0.2) is 46.8 Å². The fourth-order valence-electron chi connectivity index (χ4n) is 2.11. The quantitative estimate of drug-likeness (QED) is 0.765. The molecule has 0 unspecified atom stereocenters. The molecule has 3 rings (SSSR count). The van der Waals surface area contributed by atoms with Crippen LogP contribution < -0.4 is 15.6 Å². The van der Waals surface area contributed by atoms with E-state index in [9.17, 15) is 18.4 Å². The molecule has 0 aliphatic rings. The number of nitrogens with one attached hydrogen (secondary N) is 1. The number of rotatable bonds is 5. The van der Waals surface area contributed by atoms with E-state index in [0.29, 0.717) is 10.5 Å². The number of carbonyl (C=O) groups excluding carboxylic acids is 1. The van der Waals surface area contributed by atoms with Crippen LogP contribution in [0.3, 0.4) is 0 Å². The van der Waals surface area contributed by atoms with Crippen molar-refractivity contribution in [2.24, 2.45) is 0 Å².